The van der Waals surface area contributed by atoms with E-state index < -0.39 is 5.41 Å². The first kappa shape index (κ1) is 39.4. The molecule has 0 aliphatic heterocycles. The van der Waals surface area contributed by atoms with Crippen molar-refractivity contribution < 1.29 is 0 Å². The number of hydrogen-bond acceptors (Lipinski definition) is 1. The van der Waals surface area contributed by atoms with E-state index in [9.17, 15) is 0 Å². The highest BCUT2D eigenvalue weighted by Gasteiger charge is 2.53. The van der Waals surface area contributed by atoms with Crippen LogP contribution in [0.15, 0.2) is 200 Å². The molecule has 0 atom stereocenters. The van der Waals surface area contributed by atoms with Crippen molar-refractivity contribution in [2.45, 2.75) is 81.5 Å². The number of hydrogen-bond donors (Lipinski definition) is 0. The Bertz CT molecular complexity index is 3260. The average Bonchev–Trinajstić information content (AvgIpc) is 4.16. The summed E-state index contributed by atoms with van der Waals surface area (Å²) in [5.74, 6) is 0. The molecule has 0 radical (unpaired) electrons. The lowest BCUT2D eigenvalue weighted by molar-refractivity contribution is 0.489. The van der Waals surface area contributed by atoms with Crippen LogP contribution in [-0.2, 0) is 16.2 Å². The molecule has 0 unspecified atom stereocenters. The average molecular weight is 850 g/mol. The second-order valence-electron chi connectivity index (χ2n) is 20.4. The third-order valence-corrected chi connectivity index (χ3v) is 16.7. The van der Waals surface area contributed by atoms with Gasteiger partial charge in [0.15, 0.2) is 0 Å². The number of nitrogens with zero attached hydrogens (tertiary/aromatic N) is 1. The van der Waals surface area contributed by atoms with Crippen LogP contribution in [0.4, 0.5) is 17.1 Å². The third-order valence-electron chi connectivity index (χ3n) is 16.7. The molecular weight excluding hydrogens is 795 g/mol. The largest absolute Gasteiger partial charge is 0.310 e. The van der Waals surface area contributed by atoms with Crippen molar-refractivity contribution in [3.05, 3.63) is 234 Å². The molecule has 0 heterocycles. The van der Waals surface area contributed by atoms with Crippen molar-refractivity contribution in [2.75, 3.05) is 4.90 Å². The summed E-state index contributed by atoms with van der Waals surface area (Å²) in [5, 5.41) is 2.53. The molecule has 4 aliphatic rings. The summed E-state index contributed by atoms with van der Waals surface area (Å²) >= 11 is 0. The molecule has 1 heteroatoms. The highest BCUT2D eigenvalue weighted by Crippen LogP contribution is 2.65. The zero-order valence-electron chi connectivity index (χ0n) is 38.2. The van der Waals surface area contributed by atoms with Crippen LogP contribution in [-0.4, -0.2) is 0 Å². The second-order valence-corrected chi connectivity index (χ2v) is 20.4. The van der Waals surface area contributed by atoms with Crippen LogP contribution in [0, 0.1) is 0 Å². The van der Waals surface area contributed by atoms with Gasteiger partial charge in [-0.3, -0.25) is 0 Å². The number of rotatable bonds is 7. The van der Waals surface area contributed by atoms with Gasteiger partial charge in [-0.05, 0) is 150 Å². The molecule has 2 fully saturated rings. The Morgan fingerprint density at radius 3 is 1.52 bits per heavy atom. The van der Waals surface area contributed by atoms with E-state index in [1.165, 1.54) is 140 Å². The summed E-state index contributed by atoms with van der Waals surface area (Å²) in [6.45, 7) is 5.05. The molecule has 2 saturated carbocycles. The van der Waals surface area contributed by atoms with Crippen LogP contribution in [0.3, 0.4) is 0 Å². The molecule has 1 spiro atoms. The van der Waals surface area contributed by atoms with Gasteiger partial charge in [-0.2, -0.15) is 0 Å². The molecule has 0 saturated heterocycles. The lowest BCUT2D eigenvalue weighted by Gasteiger charge is -2.34. The van der Waals surface area contributed by atoms with Crippen molar-refractivity contribution in [3.63, 3.8) is 0 Å². The number of fused-ring (bicyclic) bond motifs is 11. The van der Waals surface area contributed by atoms with Gasteiger partial charge in [-0.1, -0.05) is 209 Å². The van der Waals surface area contributed by atoms with E-state index in [0.717, 1.165) is 17.1 Å². The van der Waals surface area contributed by atoms with Crippen molar-refractivity contribution >= 4 is 27.8 Å². The highest BCUT2D eigenvalue weighted by atomic mass is 15.1. The van der Waals surface area contributed by atoms with E-state index in [0.29, 0.717) is 0 Å². The predicted molar refractivity (Wildman–Crippen MR) is 277 cm³/mol. The van der Waals surface area contributed by atoms with Gasteiger partial charge in [0.1, 0.15) is 0 Å². The predicted octanol–water partition coefficient (Wildman–Crippen LogP) is 17.7. The SMILES string of the molecule is CC1(c2ccc3c(c2)C2(c4ccccc4-c4ccc(N(c5ccc(-c6cccc7ccccc67)cc5)c5ccccc5-c5ccccc5)cc42)c2cc(C4(C)CCCC4)ccc2-3)CCCC1. The summed E-state index contributed by atoms with van der Waals surface area (Å²) in [6, 6.07) is 76.7. The third kappa shape index (κ3) is 5.85. The molecule has 4 aliphatic carbocycles. The van der Waals surface area contributed by atoms with Gasteiger partial charge < -0.3 is 4.90 Å². The van der Waals surface area contributed by atoms with Crippen molar-refractivity contribution in [1.29, 1.82) is 0 Å². The molecular formula is C65H55N. The van der Waals surface area contributed by atoms with E-state index in [4.69, 9.17) is 0 Å². The lowest BCUT2D eigenvalue weighted by Crippen LogP contribution is -2.28. The molecule has 9 aromatic rings. The summed E-state index contributed by atoms with van der Waals surface area (Å²) < 4.78 is 0. The number of benzene rings is 9. The van der Waals surface area contributed by atoms with Crippen LogP contribution in [0.2, 0.25) is 0 Å². The molecule has 0 amide bonds. The lowest BCUT2D eigenvalue weighted by atomic mass is 9.68. The summed E-state index contributed by atoms with van der Waals surface area (Å²) in [6.07, 6.45) is 10.2. The van der Waals surface area contributed by atoms with E-state index >= 15 is 0 Å². The minimum atomic E-state index is -0.467. The quantitative estimate of drug-likeness (QED) is 0.154. The molecule has 320 valence electrons. The molecule has 0 bridgehead atoms. The maximum absolute atomic E-state index is 2.67. The Balaban J connectivity index is 1.06. The molecule has 0 aromatic heterocycles. The Kier molecular flexibility index (Phi) is 8.98. The zero-order chi connectivity index (χ0) is 44.0. The fraction of sp³-hybridized carbons (Fsp3) is 0.200. The normalized spacial score (nSPS) is 16.8. The van der Waals surface area contributed by atoms with Crippen LogP contribution in [0.1, 0.15) is 98.6 Å². The van der Waals surface area contributed by atoms with Crippen LogP contribution < -0.4 is 4.90 Å². The number of anilines is 3. The molecule has 1 nitrogen and oxygen atoms in total. The minimum Gasteiger partial charge on any atom is -0.310 e. The van der Waals surface area contributed by atoms with E-state index in [1.54, 1.807) is 0 Å². The van der Waals surface area contributed by atoms with Gasteiger partial charge in [-0.25, -0.2) is 0 Å². The molecule has 9 aromatic carbocycles. The van der Waals surface area contributed by atoms with Gasteiger partial charge >= 0.3 is 0 Å². The summed E-state index contributed by atoms with van der Waals surface area (Å²) in [5.41, 5.74) is 22.4. The fourth-order valence-corrected chi connectivity index (χ4v) is 13.2. The van der Waals surface area contributed by atoms with E-state index in [-0.39, 0.29) is 10.8 Å². The first-order chi connectivity index (χ1) is 32.4. The fourth-order valence-electron chi connectivity index (χ4n) is 13.2. The van der Waals surface area contributed by atoms with Crippen molar-refractivity contribution in [1.82, 2.24) is 0 Å². The van der Waals surface area contributed by atoms with E-state index in [2.05, 4.69) is 219 Å². The van der Waals surface area contributed by atoms with Crippen LogP contribution in [0.5, 0.6) is 0 Å². The van der Waals surface area contributed by atoms with Crippen molar-refractivity contribution in [2.24, 2.45) is 0 Å². The Labute approximate surface area is 390 Å². The van der Waals surface area contributed by atoms with Crippen LogP contribution in [0.25, 0.3) is 55.3 Å². The Hall–Kier alpha value is -6.96. The highest BCUT2D eigenvalue weighted by molar-refractivity contribution is 5.99. The summed E-state index contributed by atoms with van der Waals surface area (Å²) in [4.78, 5) is 2.52. The maximum atomic E-state index is 2.67. The van der Waals surface area contributed by atoms with E-state index in [1.807, 2.05) is 0 Å². The Morgan fingerprint density at radius 1 is 0.348 bits per heavy atom. The molecule has 0 N–H and O–H groups in total. The first-order valence-electron chi connectivity index (χ1n) is 24.5. The Morgan fingerprint density at radius 2 is 0.833 bits per heavy atom. The van der Waals surface area contributed by atoms with Crippen LogP contribution >= 0.6 is 0 Å². The smallest absolute Gasteiger partial charge is 0.0726 e. The topological polar surface area (TPSA) is 3.24 Å². The standard InChI is InChI=1S/C65H55N/c1-63(37-12-13-38-63)47-29-34-55-56-35-30-48(64(2)39-14-15-40-64)42-60(56)65(59(55)41-47)58-25-10-8-23-54(58)57-36-33-50(43-61(57)65)66(62-26-11-9-22-53(62)45-17-4-3-5-18-45)49-31-27-46(28-32-49)52-24-16-20-44-19-6-7-21-51(44)52/h3-11,16-36,41-43H,12-15,37-40H2,1-2H3. The van der Waals surface area contributed by atoms with Gasteiger partial charge in [0.05, 0.1) is 11.1 Å². The second kappa shape index (κ2) is 15.0. The molecule has 13 rings (SSSR count). The number of para-hydroxylation sites is 1. The van der Waals surface area contributed by atoms with Gasteiger partial charge in [-0.15, -0.1) is 0 Å². The first-order valence-corrected chi connectivity index (χ1v) is 24.5. The van der Waals surface area contributed by atoms with Gasteiger partial charge in [0.25, 0.3) is 0 Å². The van der Waals surface area contributed by atoms with Gasteiger partial charge in [0.2, 0.25) is 0 Å². The summed E-state index contributed by atoms with van der Waals surface area (Å²) in [7, 11) is 0. The monoisotopic (exact) mass is 849 g/mol. The maximum Gasteiger partial charge on any atom is 0.0726 e. The van der Waals surface area contributed by atoms with Crippen molar-refractivity contribution in [3.8, 4) is 44.5 Å². The minimum absolute atomic E-state index is 0.187. The zero-order valence-corrected chi connectivity index (χ0v) is 38.2. The van der Waals surface area contributed by atoms with Gasteiger partial charge in [0, 0.05) is 16.9 Å². The molecule has 66 heavy (non-hydrogen) atoms.